The van der Waals surface area contributed by atoms with E-state index in [4.69, 9.17) is 20.8 Å². The summed E-state index contributed by atoms with van der Waals surface area (Å²) >= 11 is 6.92. The van der Waals surface area contributed by atoms with Crippen LogP contribution in [0.1, 0.15) is 17.6 Å². The molecule has 0 aliphatic rings. The van der Waals surface area contributed by atoms with Crippen molar-refractivity contribution in [2.24, 2.45) is 0 Å². The summed E-state index contributed by atoms with van der Waals surface area (Å²) < 4.78 is 9.82. The molecular weight excluding hydrogens is 322 g/mol. The second-order valence-corrected chi connectivity index (χ2v) is 4.97. The maximum Gasteiger partial charge on any atom is 0.396 e. The maximum absolute atomic E-state index is 11.4. The molecule has 1 aromatic heterocycles. The van der Waals surface area contributed by atoms with Crippen molar-refractivity contribution in [3.63, 3.8) is 0 Å². The molecule has 0 saturated heterocycles. The summed E-state index contributed by atoms with van der Waals surface area (Å²) in [5.41, 5.74) is -0.123. The van der Waals surface area contributed by atoms with Crippen molar-refractivity contribution in [3.05, 3.63) is 39.2 Å². The number of rotatable bonds is 5. The van der Waals surface area contributed by atoms with Gasteiger partial charge in [-0.3, -0.25) is 10.1 Å². The second kappa shape index (κ2) is 6.55. The van der Waals surface area contributed by atoms with E-state index in [1.807, 2.05) is 0 Å². The van der Waals surface area contributed by atoms with Crippen LogP contribution < -0.4 is 0 Å². The first kappa shape index (κ1) is 15.3. The summed E-state index contributed by atoms with van der Waals surface area (Å²) in [4.78, 5) is 21.9. The zero-order valence-electron chi connectivity index (χ0n) is 10.6. The molecule has 1 heterocycles. The highest BCUT2D eigenvalue weighted by molar-refractivity contribution is 7.99. The topological polar surface area (TPSA) is 108 Å². The average Bonchev–Trinajstić information content (AvgIpc) is 2.90. The quantitative estimate of drug-likeness (QED) is 0.468. The lowest BCUT2D eigenvalue weighted by molar-refractivity contribution is -0.384. The van der Waals surface area contributed by atoms with Crippen LogP contribution in [0.15, 0.2) is 32.7 Å². The molecule has 0 unspecified atom stereocenters. The predicted molar refractivity (Wildman–Crippen MR) is 72.5 cm³/mol. The van der Waals surface area contributed by atoms with Gasteiger partial charge in [-0.25, -0.2) is 4.79 Å². The van der Waals surface area contributed by atoms with Gasteiger partial charge in [0.25, 0.3) is 10.9 Å². The van der Waals surface area contributed by atoms with Crippen LogP contribution in [0.4, 0.5) is 5.69 Å². The molecule has 0 bridgehead atoms. The van der Waals surface area contributed by atoms with E-state index in [9.17, 15) is 14.9 Å². The number of carbonyl (C=O) groups is 1. The number of non-ortho nitro benzene ring substituents is 1. The molecule has 0 fully saturated rings. The number of benzene rings is 1. The van der Waals surface area contributed by atoms with E-state index < -0.39 is 10.9 Å². The smallest absolute Gasteiger partial charge is 0.396 e. The van der Waals surface area contributed by atoms with Gasteiger partial charge in [-0.05, 0) is 24.8 Å². The molecule has 0 saturated carbocycles. The van der Waals surface area contributed by atoms with Gasteiger partial charge in [-0.15, -0.1) is 5.10 Å². The monoisotopic (exact) mass is 329 g/mol. The highest BCUT2D eigenvalue weighted by atomic mass is 35.5. The van der Waals surface area contributed by atoms with Crippen LogP contribution in [0.5, 0.6) is 0 Å². The van der Waals surface area contributed by atoms with Crippen LogP contribution in [0.2, 0.25) is 5.02 Å². The first-order valence-electron chi connectivity index (χ1n) is 5.63. The van der Waals surface area contributed by atoms with Gasteiger partial charge in [0, 0.05) is 17.0 Å². The van der Waals surface area contributed by atoms with Crippen molar-refractivity contribution in [2.75, 3.05) is 6.61 Å². The summed E-state index contributed by atoms with van der Waals surface area (Å²) in [5.74, 6) is -0.982. The first-order valence-corrected chi connectivity index (χ1v) is 6.83. The van der Waals surface area contributed by atoms with Gasteiger partial charge in [0.15, 0.2) is 0 Å². The van der Waals surface area contributed by atoms with E-state index in [1.54, 1.807) is 6.92 Å². The molecule has 2 aromatic rings. The normalized spacial score (nSPS) is 10.4. The SMILES string of the molecule is CCOC(=O)c1nnc(Sc2ccc([N+](=O)[O-])cc2Cl)o1. The van der Waals surface area contributed by atoms with Crippen LogP contribution in [0.3, 0.4) is 0 Å². The molecule has 0 amide bonds. The van der Waals surface area contributed by atoms with Gasteiger partial charge < -0.3 is 9.15 Å². The third-order valence-electron chi connectivity index (χ3n) is 2.18. The number of nitrogens with zero attached hydrogens (tertiary/aromatic N) is 3. The summed E-state index contributed by atoms with van der Waals surface area (Å²) in [7, 11) is 0. The minimum atomic E-state index is -0.716. The minimum absolute atomic E-state index is 0.0776. The molecule has 0 aliphatic carbocycles. The number of hydrogen-bond acceptors (Lipinski definition) is 8. The van der Waals surface area contributed by atoms with Gasteiger partial charge in [0.05, 0.1) is 16.6 Å². The Balaban J connectivity index is 2.15. The minimum Gasteiger partial charge on any atom is -0.459 e. The number of ether oxygens (including phenoxy) is 1. The lowest BCUT2D eigenvalue weighted by Crippen LogP contribution is -2.04. The fraction of sp³-hybridized carbons (Fsp3) is 0.182. The highest BCUT2D eigenvalue weighted by Gasteiger charge is 2.18. The summed E-state index contributed by atoms with van der Waals surface area (Å²) in [6.07, 6.45) is 0. The lowest BCUT2D eigenvalue weighted by Gasteiger charge is -2.00. The van der Waals surface area contributed by atoms with Crippen LogP contribution in [-0.2, 0) is 4.74 Å². The van der Waals surface area contributed by atoms with Crippen LogP contribution in [0.25, 0.3) is 0 Å². The number of hydrogen-bond donors (Lipinski definition) is 0. The summed E-state index contributed by atoms with van der Waals surface area (Å²) in [6.45, 7) is 1.85. The van der Waals surface area contributed by atoms with E-state index >= 15 is 0 Å². The van der Waals surface area contributed by atoms with Crippen LogP contribution >= 0.6 is 23.4 Å². The molecule has 0 aliphatic heterocycles. The fourth-order valence-corrected chi connectivity index (χ4v) is 2.28. The van der Waals surface area contributed by atoms with E-state index in [0.29, 0.717) is 4.90 Å². The Morgan fingerprint density at radius 3 is 2.90 bits per heavy atom. The van der Waals surface area contributed by atoms with Crippen molar-refractivity contribution in [1.29, 1.82) is 0 Å². The van der Waals surface area contributed by atoms with Gasteiger partial charge in [0.1, 0.15) is 0 Å². The molecule has 21 heavy (non-hydrogen) atoms. The van der Waals surface area contributed by atoms with Crippen molar-refractivity contribution >= 4 is 35.0 Å². The number of nitro benzene ring substituents is 1. The Kier molecular flexibility index (Phi) is 4.76. The molecule has 10 heteroatoms. The van der Waals surface area contributed by atoms with Crippen LogP contribution in [-0.4, -0.2) is 27.7 Å². The van der Waals surface area contributed by atoms with Crippen molar-refractivity contribution in [3.8, 4) is 0 Å². The van der Waals surface area contributed by atoms with E-state index in [0.717, 1.165) is 11.8 Å². The van der Waals surface area contributed by atoms with Crippen LogP contribution in [0, 0.1) is 10.1 Å². The zero-order chi connectivity index (χ0) is 15.4. The Morgan fingerprint density at radius 2 is 2.29 bits per heavy atom. The van der Waals surface area contributed by atoms with Crippen molar-refractivity contribution in [2.45, 2.75) is 17.0 Å². The Labute approximate surface area is 127 Å². The summed E-state index contributed by atoms with van der Waals surface area (Å²) in [5, 5.41) is 18.1. The Hall–Kier alpha value is -2.13. The molecule has 0 atom stereocenters. The standard InChI is InChI=1S/C11H8ClN3O5S/c1-2-19-10(16)9-13-14-11(20-9)21-8-4-3-6(15(17)18)5-7(8)12/h3-5H,2H2,1H3. The molecule has 8 nitrogen and oxygen atoms in total. The molecule has 0 radical (unpaired) electrons. The first-order chi connectivity index (χ1) is 10.0. The molecule has 0 spiro atoms. The number of halogens is 1. The number of aromatic nitrogens is 2. The highest BCUT2D eigenvalue weighted by Crippen LogP contribution is 2.34. The number of carbonyl (C=O) groups excluding carboxylic acids is 1. The maximum atomic E-state index is 11.4. The van der Waals surface area contributed by atoms with E-state index in [-0.39, 0.29) is 28.4 Å². The van der Waals surface area contributed by atoms with Crippen molar-refractivity contribution in [1.82, 2.24) is 10.2 Å². The Morgan fingerprint density at radius 1 is 1.52 bits per heavy atom. The average molecular weight is 330 g/mol. The molecule has 0 N–H and O–H groups in total. The molecule has 2 rings (SSSR count). The van der Waals surface area contributed by atoms with Gasteiger partial charge in [0.2, 0.25) is 0 Å². The second-order valence-electron chi connectivity index (χ2n) is 3.57. The molecular formula is C11H8ClN3O5S. The Bertz CT molecular complexity index is 690. The predicted octanol–water partition coefficient (Wildman–Crippen LogP) is 2.96. The van der Waals surface area contributed by atoms with Gasteiger partial charge >= 0.3 is 11.9 Å². The number of esters is 1. The van der Waals surface area contributed by atoms with Crippen molar-refractivity contribution < 1.29 is 18.9 Å². The summed E-state index contributed by atoms with van der Waals surface area (Å²) in [6, 6.07) is 3.97. The third kappa shape index (κ3) is 3.70. The third-order valence-corrected chi connectivity index (χ3v) is 3.52. The van der Waals surface area contributed by atoms with Gasteiger partial charge in [-0.2, -0.15) is 0 Å². The fourth-order valence-electron chi connectivity index (χ4n) is 1.31. The lowest BCUT2D eigenvalue weighted by atomic mass is 10.3. The van der Waals surface area contributed by atoms with Gasteiger partial charge in [-0.1, -0.05) is 16.7 Å². The largest absolute Gasteiger partial charge is 0.459 e. The van der Waals surface area contributed by atoms with E-state index in [2.05, 4.69) is 10.2 Å². The van der Waals surface area contributed by atoms with E-state index in [1.165, 1.54) is 18.2 Å². The molecule has 110 valence electrons. The number of nitro groups is 1. The molecule has 1 aromatic carbocycles. The zero-order valence-corrected chi connectivity index (χ0v) is 12.2.